The third kappa shape index (κ3) is 4.23. The van der Waals surface area contributed by atoms with Crippen LogP contribution < -0.4 is 11.5 Å². The summed E-state index contributed by atoms with van der Waals surface area (Å²) in [5.41, 5.74) is 10.4. The molecule has 0 fully saturated rings. The van der Waals surface area contributed by atoms with Crippen molar-refractivity contribution in [1.29, 1.82) is 0 Å². The van der Waals surface area contributed by atoms with Crippen LogP contribution in [0.25, 0.3) is 0 Å². The molecule has 1 atom stereocenters. The molecule has 1 aromatic rings. The van der Waals surface area contributed by atoms with Gasteiger partial charge in [0.25, 0.3) is 0 Å². The summed E-state index contributed by atoms with van der Waals surface area (Å²) >= 11 is 0. The van der Waals surface area contributed by atoms with E-state index in [1.807, 2.05) is 0 Å². The lowest BCUT2D eigenvalue weighted by Gasteiger charge is -2.15. The van der Waals surface area contributed by atoms with Crippen LogP contribution in [0, 0.1) is 0 Å². The average Bonchev–Trinajstić information content (AvgIpc) is 2.37. The maximum absolute atomic E-state index is 11.7. The van der Waals surface area contributed by atoms with Crippen LogP contribution in [0.15, 0.2) is 29.2 Å². The molecule has 0 saturated heterocycles. The van der Waals surface area contributed by atoms with E-state index in [0.717, 1.165) is 0 Å². The van der Waals surface area contributed by atoms with Crippen molar-refractivity contribution in [3.63, 3.8) is 0 Å². The number of benzene rings is 1. The van der Waals surface area contributed by atoms with Gasteiger partial charge in [-0.3, -0.25) is 4.79 Å². The Hall–Kier alpha value is -2.09. The number of ether oxygens (including phenoxy) is 1. The first-order chi connectivity index (χ1) is 9.26. The molecular formula is C12H16N2O5S. The smallest absolute Gasteiger partial charge is 0.405 e. The van der Waals surface area contributed by atoms with Crippen molar-refractivity contribution in [2.75, 3.05) is 5.75 Å². The van der Waals surface area contributed by atoms with E-state index in [2.05, 4.69) is 0 Å². The van der Waals surface area contributed by atoms with Gasteiger partial charge in [-0.25, -0.2) is 13.2 Å². The summed E-state index contributed by atoms with van der Waals surface area (Å²) in [6.07, 6.45) is -2.20. The number of carbonyl (C=O) groups excluding carboxylic acids is 2. The zero-order valence-electron chi connectivity index (χ0n) is 10.9. The molecule has 0 heterocycles. The minimum absolute atomic E-state index is 0.0190. The Bertz CT molecular complexity index is 579. The Morgan fingerprint density at radius 1 is 1.20 bits per heavy atom. The van der Waals surface area contributed by atoms with E-state index in [1.165, 1.54) is 31.2 Å². The van der Waals surface area contributed by atoms with Gasteiger partial charge in [-0.2, -0.15) is 0 Å². The second kappa shape index (κ2) is 6.38. The SMILES string of the molecule is CCS(=O)(=O)c1ccc([C@@H](CC(N)=O)OC(N)=O)cc1. The van der Waals surface area contributed by atoms with E-state index < -0.39 is 27.9 Å². The van der Waals surface area contributed by atoms with E-state index in [9.17, 15) is 18.0 Å². The van der Waals surface area contributed by atoms with Gasteiger partial charge in [-0.05, 0) is 17.7 Å². The van der Waals surface area contributed by atoms with Crippen molar-refractivity contribution in [1.82, 2.24) is 0 Å². The topological polar surface area (TPSA) is 130 Å². The first-order valence-electron chi connectivity index (χ1n) is 5.83. The number of carbonyl (C=O) groups is 2. The normalized spacial score (nSPS) is 12.7. The summed E-state index contributed by atoms with van der Waals surface area (Å²) in [6, 6.07) is 5.68. The third-order valence-corrected chi connectivity index (χ3v) is 4.39. The third-order valence-electron chi connectivity index (χ3n) is 2.64. The summed E-state index contributed by atoms with van der Waals surface area (Å²) in [6.45, 7) is 1.54. The van der Waals surface area contributed by atoms with Crippen molar-refractivity contribution < 1.29 is 22.7 Å². The molecule has 0 aromatic heterocycles. The van der Waals surface area contributed by atoms with Crippen molar-refractivity contribution in [3.05, 3.63) is 29.8 Å². The van der Waals surface area contributed by atoms with Crippen LogP contribution in [0.2, 0.25) is 0 Å². The lowest BCUT2D eigenvalue weighted by atomic mass is 10.1. The molecular weight excluding hydrogens is 284 g/mol. The lowest BCUT2D eigenvalue weighted by Crippen LogP contribution is -2.22. The molecule has 1 aromatic carbocycles. The molecule has 1 rings (SSSR count). The van der Waals surface area contributed by atoms with Crippen LogP contribution in [-0.2, 0) is 19.4 Å². The molecule has 0 aliphatic rings. The van der Waals surface area contributed by atoms with Gasteiger partial charge >= 0.3 is 6.09 Å². The summed E-state index contributed by atoms with van der Waals surface area (Å²) < 4.78 is 28.1. The van der Waals surface area contributed by atoms with Crippen molar-refractivity contribution in [2.45, 2.75) is 24.3 Å². The molecule has 7 nitrogen and oxygen atoms in total. The molecule has 0 bridgehead atoms. The molecule has 20 heavy (non-hydrogen) atoms. The molecule has 0 spiro atoms. The number of amides is 2. The monoisotopic (exact) mass is 300 g/mol. The first kappa shape index (κ1) is 16.0. The summed E-state index contributed by atoms with van der Waals surface area (Å²) in [5, 5.41) is 0. The fourth-order valence-corrected chi connectivity index (χ4v) is 2.49. The number of nitrogens with two attached hydrogens (primary N) is 2. The van der Waals surface area contributed by atoms with Crippen LogP contribution in [-0.4, -0.2) is 26.2 Å². The molecule has 0 unspecified atom stereocenters. The van der Waals surface area contributed by atoms with Gasteiger partial charge in [0.05, 0.1) is 17.1 Å². The van der Waals surface area contributed by atoms with Crippen LogP contribution >= 0.6 is 0 Å². The fraction of sp³-hybridized carbons (Fsp3) is 0.333. The number of hydrogen-bond acceptors (Lipinski definition) is 5. The molecule has 0 aliphatic carbocycles. The van der Waals surface area contributed by atoms with Crippen LogP contribution in [0.3, 0.4) is 0 Å². The van der Waals surface area contributed by atoms with Gasteiger partial charge in [0.2, 0.25) is 5.91 Å². The predicted molar refractivity (Wildman–Crippen MR) is 71.4 cm³/mol. The van der Waals surface area contributed by atoms with Crippen molar-refractivity contribution >= 4 is 21.8 Å². The minimum atomic E-state index is -3.31. The highest BCUT2D eigenvalue weighted by molar-refractivity contribution is 7.91. The Balaban J connectivity index is 3.04. The highest BCUT2D eigenvalue weighted by Crippen LogP contribution is 2.23. The van der Waals surface area contributed by atoms with E-state index in [1.54, 1.807) is 0 Å². The molecule has 2 amide bonds. The maximum atomic E-state index is 11.7. The average molecular weight is 300 g/mol. The van der Waals surface area contributed by atoms with E-state index in [-0.39, 0.29) is 17.1 Å². The van der Waals surface area contributed by atoms with E-state index in [4.69, 9.17) is 16.2 Å². The predicted octanol–water partition coefficient (Wildman–Crippen LogP) is 0.492. The molecule has 110 valence electrons. The van der Waals surface area contributed by atoms with Gasteiger partial charge in [-0.1, -0.05) is 19.1 Å². The highest BCUT2D eigenvalue weighted by Gasteiger charge is 2.19. The molecule has 0 aliphatic heterocycles. The Morgan fingerprint density at radius 3 is 2.15 bits per heavy atom. The van der Waals surface area contributed by atoms with Gasteiger partial charge in [-0.15, -0.1) is 0 Å². The molecule has 8 heteroatoms. The Kier molecular flexibility index (Phi) is 5.09. The summed E-state index contributed by atoms with van der Waals surface area (Å²) in [5.74, 6) is -0.684. The number of rotatable bonds is 6. The number of primary amides is 2. The summed E-state index contributed by atoms with van der Waals surface area (Å²) in [4.78, 5) is 21.9. The quantitative estimate of drug-likeness (QED) is 0.789. The second-order valence-corrected chi connectivity index (χ2v) is 6.35. The van der Waals surface area contributed by atoms with Gasteiger partial charge in [0, 0.05) is 0 Å². The molecule has 0 radical (unpaired) electrons. The Labute approximate surface area is 116 Å². The minimum Gasteiger partial charge on any atom is -0.441 e. The highest BCUT2D eigenvalue weighted by atomic mass is 32.2. The van der Waals surface area contributed by atoms with Crippen molar-refractivity contribution in [3.8, 4) is 0 Å². The molecule has 0 saturated carbocycles. The number of hydrogen-bond donors (Lipinski definition) is 2. The zero-order valence-corrected chi connectivity index (χ0v) is 11.7. The van der Waals surface area contributed by atoms with Gasteiger partial charge in [0.15, 0.2) is 9.84 Å². The van der Waals surface area contributed by atoms with Crippen LogP contribution in [0.4, 0.5) is 4.79 Å². The van der Waals surface area contributed by atoms with E-state index in [0.29, 0.717) is 5.56 Å². The van der Waals surface area contributed by atoms with Crippen molar-refractivity contribution in [2.24, 2.45) is 11.5 Å². The summed E-state index contributed by atoms with van der Waals surface area (Å²) in [7, 11) is -3.31. The van der Waals surface area contributed by atoms with Crippen LogP contribution in [0.5, 0.6) is 0 Å². The lowest BCUT2D eigenvalue weighted by molar-refractivity contribution is -0.119. The fourth-order valence-electron chi connectivity index (χ4n) is 1.61. The number of sulfone groups is 1. The second-order valence-electron chi connectivity index (χ2n) is 4.07. The largest absolute Gasteiger partial charge is 0.441 e. The van der Waals surface area contributed by atoms with Gasteiger partial charge in [0.1, 0.15) is 6.10 Å². The van der Waals surface area contributed by atoms with Gasteiger partial charge < -0.3 is 16.2 Å². The standard InChI is InChI=1S/C12H16N2O5S/c1-2-20(17,18)9-5-3-8(4-6-9)10(7-11(13)15)19-12(14)16/h3-6,10H,2,7H2,1H3,(H2,13,15)(H2,14,16)/t10-/m1/s1. The maximum Gasteiger partial charge on any atom is 0.405 e. The molecule has 4 N–H and O–H groups in total. The first-order valence-corrected chi connectivity index (χ1v) is 7.48. The van der Waals surface area contributed by atoms with Crippen LogP contribution in [0.1, 0.15) is 25.0 Å². The van der Waals surface area contributed by atoms with E-state index >= 15 is 0 Å². The zero-order chi connectivity index (χ0) is 15.3. The Morgan fingerprint density at radius 2 is 1.75 bits per heavy atom.